The van der Waals surface area contributed by atoms with Crippen LogP contribution in [0.4, 0.5) is 0 Å². The zero-order chi connectivity index (χ0) is 13.2. The van der Waals surface area contributed by atoms with Gasteiger partial charge < -0.3 is 5.11 Å². The maximum absolute atomic E-state index is 11.5. The maximum Gasteiger partial charge on any atom is 0.320 e. The fourth-order valence-electron chi connectivity index (χ4n) is 3.82. The quantitative estimate of drug-likeness (QED) is 0.930. The third-order valence-corrected chi connectivity index (χ3v) is 4.71. The minimum Gasteiger partial charge on any atom is -0.480 e. The van der Waals surface area contributed by atoms with E-state index in [-0.39, 0.29) is 18.4 Å². The summed E-state index contributed by atoms with van der Waals surface area (Å²) < 4.78 is 0. The number of rotatable bonds is 3. The number of benzene rings is 1. The molecule has 1 N–H and O–H groups in total. The lowest BCUT2D eigenvalue weighted by atomic mass is 9.84. The average molecular weight is 296 g/mol. The van der Waals surface area contributed by atoms with Gasteiger partial charge in [0, 0.05) is 12.6 Å². The fraction of sp³-hybridized carbons (Fsp3) is 0.562. The summed E-state index contributed by atoms with van der Waals surface area (Å²) in [5, 5.41) is 9.47. The number of likely N-dealkylation sites (tertiary alicyclic amines) is 1. The monoisotopic (exact) mass is 295 g/mol. The lowest BCUT2D eigenvalue weighted by Crippen LogP contribution is -2.41. The Kier molecular flexibility index (Phi) is 5.06. The van der Waals surface area contributed by atoms with Gasteiger partial charge in [-0.15, -0.1) is 12.4 Å². The van der Waals surface area contributed by atoms with Crippen LogP contribution in [0.2, 0.25) is 0 Å². The van der Waals surface area contributed by atoms with Gasteiger partial charge in [0.15, 0.2) is 0 Å². The van der Waals surface area contributed by atoms with Gasteiger partial charge in [-0.05, 0) is 30.7 Å². The van der Waals surface area contributed by atoms with Crippen molar-refractivity contribution < 1.29 is 9.90 Å². The van der Waals surface area contributed by atoms with Crippen LogP contribution in [0.3, 0.4) is 0 Å². The lowest BCUT2D eigenvalue weighted by molar-refractivity contribution is -0.142. The zero-order valence-electron chi connectivity index (χ0n) is 11.6. The van der Waals surface area contributed by atoms with Gasteiger partial charge in [-0.1, -0.05) is 43.2 Å². The second kappa shape index (κ2) is 6.59. The minimum absolute atomic E-state index is 0. The highest BCUT2D eigenvalue weighted by Gasteiger charge is 2.44. The van der Waals surface area contributed by atoms with E-state index >= 15 is 0 Å². The van der Waals surface area contributed by atoms with E-state index in [4.69, 9.17) is 0 Å². The third-order valence-electron chi connectivity index (χ3n) is 4.71. The molecule has 0 aromatic heterocycles. The van der Waals surface area contributed by atoms with Crippen molar-refractivity contribution in [1.82, 2.24) is 4.90 Å². The van der Waals surface area contributed by atoms with E-state index in [1.807, 2.05) is 18.2 Å². The van der Waals surface area contributed by atoms with Crippen LogP contribution in [0, 0.1) is 5.92 Å². The molecule has 110 valence electrons. The Balaban J connectivity index is 0.00000147. The van der Waals surface area contributed by atoms with Crippen molar-refractivity contribution in [2.45, 2.75) is 50.7 Å². The molecule has 4 heteroatoms. The Morgan fingerprint density at radius 1 is 1.20 bits per heavy atom. The topological polar surface area (TPSA) is 40.5 Å². The molecule has 0 radical (unpaired) electrons. The van der Waals surface area contributed by atoms with E-state index in [1.54, 1.807) is 0 Å². The molecule has 1 heterocycles. The van der Waals surface area contributed by atoms with Crippen molar-refractivity contribution in [3.05, 3.63) is 35.9 Å². The Morgan fingerprint density at radius 3 is 2.60 bits per heavy atom. The third kappa shape index (κ3) is 2.99. The Hall–Kier alpha value is -1.06. The summed E-state index contributed by atoms with van der Waals surface area (Å²) in [6, 6.07) is 10.4. The summed E-state index contributed by atoms with van der Waals surface area (Å²) in [5.74, 6) is -0.0520. The molecule has 0 amide bonds. The van der Waals surface area contributed by atoms with E-state index in [9.17, 15) is 9.90 Å². The summed E-state index contributed by atoms with van der Waals surface area (Å²) in [7, 11) is 0. The van der Waals surface area contributed by atoms with Gasteiger partial charge >= 0.3 is 5.97 Å². The van der Waals surface area contributed by atoms with E-state index in [2.05, 4.69) is 17.0 Å². The van der Waals surface area contributed by atoms with Crippen molar-refractivity contribution in [3.63, 3.8) is 0 Å². The second-order valence-corrected chi connectivity index (χ2v) is 5.86. The van der Waals surface area contributed by atoms with Crippen molar-refractivity contribution in [2.75, 3.05) is 0 Å². The molecule has 0 bridgehead atoms. The molecule has 3 nitrogen and oxygen atoms in total. The van der Waals surface area contributed by atoms with Crippen LogP contribution in [-0.4, -0.2) is 28.1 Å². The van der Waals surface area contributed by atoms with Crippen LogP contribution in [0.25, 0.3) is 0 Å². The molecule has 0 unspecified atom stereocenters. The summed E-state index contributed by atoms with van der Waals surface area (Å²) in [4.78, 5) is 13.7. The van der Waals surface area contributed by atoms with Crippen LogP contribution in [0.15, 0.2) is 30.3 Å². The highest BCUT2D eigenvalue weighted by molar-refractivity contribution is 5.85. The number of nitrogens with zero attached hydrogens (tertiary/aromatic N) is 1. The smallest absolute Gasteiger partial charge is 0.320 e. The normalized spacial score (nSPS) is 29.5. The molecule has 1 saturated heterocycles. The average Bonchev–Trinajstić information content (AvgIpc) is 2.79. The molecule has 2 fully saturated rings. The standard InChI is InChI=1S/C16H21NO2.ClH/c18-16(19)15-10-13-8-4-5-9-14(13)17(15)11-12-6-2-1-3-7-12;/h1-3,6-7,13-15H,4-5,8-11H2,(H,18,19);1H/t13-,14+,15+;/m1./s1. The number of hydrogen-bond acceptors (Lipinski definition) is 2. The van der Waals surface area contributed by atoms with E-state index in [1.165, 1.54) is 31.2 Å². The molecule has 1 saturated carbocycles. The molecule has 20 heavy (non-hydrogen) atoms. The van der Waals surface area contributed by atoms with Crippen molar-refractivity contribution >= 4 is 18.4 Å². The summed E-state index contributed by atoms with van der Waals surface area (Å²) in [6.07, 6.45) is 5.74. The molecule has 3 atom stereocenters. The molecule has 1 aromatic carbocycles. The van der Waals surface area contributed by atoms with Crippen LogP contribution in [-0.2, 0) is 11.3 Å². The van der Waals surface area contributed by atoms with Crippen LogP contribution in [0.1, 0.15) is 37.7 Å². The van der Waals surface area contributed by atoms with Gasteiger partial charge in [0.25, 0.3) is 0 Å². The molecule has 1 aliphatic heterocycles. The highest BCUT2D eigenvalue weighted by atomic mass is 35.5. The van der Waals surface area contributed by atoms with Gasteiger partial charge in [0.1, 0.15) is 6.04 Å². The van der Waals surface area contributed by atoms with Gasteiger partial charge in [0.05, 0.1) is 0 Å². The molecule has 1 aromatic rings. The summed E-state index contributed by atoms with van der Waals surface area (Å²) in [5.41, 5.74) is 1.22. The molecular weight excluding hydrogens is 274 g/mol. The second-order valence-electron chi connectivity index (χ2n) is 5.86. The van der Waals surface area contributed by atoms with Crippen LogP contribution in [0.5, 0.6) is 0 Å². The Morgan fingerprint density at radius 2 is 1.90 bits per heavy atom. The van der Waals surface area contributed by atoms with Gasteiger partial charge in [0.2, 0.25) is 0 Å². The first-order chi connectivity index (χ1) is 9.25. The highest BCUT2D eigenvalue weighted by Crippen LogP contribution is 2.40. The predicted molar refractivity (Wildman–Crippen MR) is 81.0 cm³/mol. The number of hydrogen-bond donors (Lipinski definition) is 1. The molecular formula is C16H22ClNO2. The number of halogens is 1. The van der Waals surface area contributed by atoms with E-state index in [0.717, 1.165) is 13.0 Å². The van der Waals surface area contributed by atoms with E-state index < -0.39 is 5.97 Å². The number of aliphatic carboxylic acids is 1. The fourth-order valence-corrected chi connectivity index (χ4v) is 3.82. The minimum atomic E-state index is -0.648. The van der Waals surface area contributed by atoms with Crippen molar-refractivity contribution in [1.29, 1.82) is 0 Å². The molecule has 1 aliphatic carbocycles. The lowest BCUT2D eigenvalue weighted by Gasteiger charge is -2.33. The predicted octanol–water partition coefficient (Wildman–Crippen LogP) is 3.33. The number of fused-ring (bicyclic) bond motifs is 1. The van der Waals surface area contributed by atoms with Gasteiger partial charge in [-0.2, -0.15) is 0 Å². The van der Waals surface area contributed by atoms with Crippen LogP contribution >= 0.6 is 12.4 Å². The SMILES string of the molecule is Cl.O=C(O)[C@@H]1C[C@H]2CCCC[C@@H]2N1Cc1ccccc1. The largest absolute Gasteiger partial charge is 0.480 e. The van der Waals surface area contributed by atoms with Gasteiger partial charge in [-0.3, -0.25) is 9.69 Å². The number of carboxylic acid groups (broad SMARTS) is 1. The first kappa shape index (κ1) is 15.3. The Bertz CT molecular complexity index is 451. The van der Waals surface area contributed by atoms with Crippen LogP contribution < -0.4 is 0 Å². The van der Waals surface area contributed by atoms with E-state index in [0.29, 0.717) is 12.0 Å². The number of carboxylic acids is 1. The first-order valence-corrected chi connectivity index (χ1v) is 7.28. The first-order valence-electron chi connectivity index (χ1n) is 7.28. The zero-order valence-corrected chi connectivity index (χ0v) is 12.4. The Labute approximate surface area is 126 Å². The molecule has 0 spiro atoms. The molecule has 2 aliphatic rings. The van der Waals surface area contributed by atoms with Crippen molar-refractivity contribution in [3.8, 4) is 0 Å². The number of carbonyl (C=O) groups is 1. The maximum atomic E-state index is 11.5. The van der Waals surface area contributed by atoms with Gasteiger partial charge in [-0.25, -0.2) is 0 Å². The summed E-state index contributed by atoms with van der Waals surface area (Å²) in [6.45, 7) is 0.777. The molecule has 3 rings (SSSR count). The van der Waals surface area contributed by atoms with Crippen molar-refractivity contribution in [2.24, 2.45) is 5.92 Å². The summed E-state index contributed by atoms with van der Waals surface area (Å²) >= 11 is 0.